The standard InChI is InChI=1S/C12H20FN/c1-9(2)4-12-5-10(3)7-14(12)8-11(13)6-12/h9,11H,3-8H2,1-2H3/t11-,12+/m1/s1. The summed E-state index contributed by atoms with van der Waals surface area (Å²) in [6.45, 7) is 10.0. The van der Waals surface area contributed by atoms with Crippen LogP contribution in [0.4, 0.5) is 4.39 Å². The third-order valence-electron chi connectivity index (χ3n) is 3.47. The third-order valence-corrected chi connectivity index (χ3v) is 3.47. The fourth-order valence-electron chi connectivity index (χ4n) is 3.29. The second kappa shape index (κ2) is 3.34. The van der Waals surface area contributed by atoms with Crippen LogP contribution in [0.5, 0.6) is 0 Å². The molecule has 0 N–H and O–H groups in total. The zero-order valence-electron chi connectivity index (χ0n) is 9.22. The van der Waals surface area contributed by atoms with Gasteiger partial charge in [0.25, 0.3) is 0 Å². The second-order valence-electron chi connectivity index (χ2n) is 5.43. The molecule has 2 rings (SSSR count). The van der Waals surface area contributed by atoms with Gasteiger partial charge in [-0.15, -0.1) is 0 Å². The molecule has 2 heteroatoms. The lowest BCUT2D eigenvalue weighted by Crippen LogP contribution is -2.39. The molecule has 2 heterocycles. The van der Waals surface area contributed by atoms with Crippen LogP contribution in [0.3, 0.4) is 0 Å². The van der Waals surface area contributed by atoms with Crippen LogP contribution in [0.15, 0.2) is 12.2 Å². The van der Waals surface area contributed by atoms with Crippen molar-refractivity contribution in [3.05, 3.63) is 12.2 Å². The minimum Gasteiger partial charge on any atom is -0.290 e. The molecule has 0 aromatic carbocycles. The SMILES string of the molecule is C=C1CN2C[C@H](F)C[C@]2(CC(C)C)C1. The molecular weight excluding hydrogens is 177 g/mol. The Hall–Kier alpha value is -0.370. The first-order valence-corrected chi connectivity index (χ1v) is 5.58. The fraction of sp³-hybridized carbons (Fsp3) is 0.833. The molecule has 2 saturated heterocycles. The Labute approximate surface area is 86.0 Å². The summed E-state index contributed by atoms with van der Waals surface area (Å²) in [7, 11) is 0. The van der Waals surface area contributed by atoms with E-state index in [2.05, 4.69) is 25.3 Å². The number of alkyl halides is 1. The minimum absolute atomic E-state index is 0.130. The molecule has 0 unspecified atom stereocenters. The van der Waals surface area contributed by atoms with E-state index >= 15 is 0 Å². The van der Waals surface area contributed by atoms with Crippen molar-refractivity contribution >= 4 is 0 Å². The van der Waals surface area contributed by atoms with Crippen molar-refractivity contribution in [1.82, 2.24) is 4.90 Å². The summed E-state index contributed by atoms with van der Waals surface area (Å²) in [5, 5.41) is 0. The summed E-state index contributed by atoms with van der Waals surface area (Å²) in [5.41, 5.74) is 1.42. The Balaban J connectivity index is 2.16. The molecule has 2 fully saturated rings. The van der Waals surface area contributed by atoms with Crippen LogP contribution < -0.4 is 0 Å². The van der Waals surface area contributed by atoms with Gasteiger partial charge in [0.2, 0.25) is 0 Å². The van der Waals surface area contributed by atoms with E-state index in [0.29, 0.717) is 12.5 Å². The molecule has 0 spiro atoms. The van der Waals surface area contributed by atoms with E-state index in [1.807, 2.05) is 0 Å². The maximum atomic E-state index is 13.4. The van der Waals surface area contributed by atoms with Crippen molar-refractivity contribution in [2.75, 3.05) is 13.1 Å². The third kappa shape index (κ3) is 1.60. The number of fused-ring (bicyclic) bond motifs is 1. The van der Waals surface area contributed by atoms with Crippen molar-refractivity contribution in [3.63, 3.8) is 0 Å². The summed E-state index contributed by atoms with van der Waals surface area (Å²) in [6, 6.07) is 0. The van der Waals surface area contributed by atoms with Crippen LogP contribution in [0, 0.1) is 5.92 Å². The highest BCUT2D eigenvalue weighted by atomic mass is 19.1. The van der Waals surface area contributed by atoms with E-state index < -0.39 is 6.17 Å². The first-order chi connectivity index (χ1) is 6.52. The molecule has 0 saturated carbocycles. The Morgan fingerprint density at radius 2 is 2.36 bits per heavy atom. The molecule has 80 valence electrons. The average Bonchev–Trinajstić information content (AvgIpc) is 2.36. The largest absolute Gasteiger partial charge is 0.290 e. The Morgan fingerprint density at radius 1 is 1.64 bits per heavy atom. The topological polar surface area (TPSA) is 3.24 Å². The molecule has 0 amide bonds. The Kier molecular flexibility index (Phi) is 2.42. The van der Waals surface area contributed by atoms with Gasteiger partial charge < -0.3 is 0 Å². The van der Waals surface area contributed by atoms with Crippen LogP contribution in [-0.4, -0.2) is 29.7 Å². The first-order valence-electron chi connectivity index (χ1n) is 5.58. The van der Waals surface area contributed by atoms with Crippen molar-refractivity contribution in [2.24, 2.45) is 5.92 Å². The molecule has 14 heavy (non-hydrogen) atoms. The Morgan fingerprint density at radius 3 is 3.00 bits per heavy atom. The summed E-state index contributed by atoms with van der Waals surface area (Å²) < 4.78 is 13.4. The molecule has 1 nitrogen and oxygen atoms in total. The highest BCUT2D eigenvalue weighted by Crippen LogP contribution is 2.45. The molecule has 0 aromatic heterocycles. The lowest BCUT2D eigenvalue weighted by molar-refractivity contribution is 0.163. The summed E-state index contributed by atoms with van der Waals surface area (Å²) >= 11 is 0. The van der Waals surface area contributed by atoms with Gasteiger partial charge in [-0.25, -0.2) is 4.39 Å². The van der Waals surface area contributed by atoms with E-state index in [9.17, 15) is 4.39 Å². The van der Waals surface area contributed by atoms with Gasteiger partial charge in [-0.3, -0.25) is 4.90 Å². The average molecular weight is 197 g/mol. The normalized spacial score (nSPS) is 38.3. The van der Waals surface area contributed by atoms with E-state index in [1.54, 1.807) is 0 Å². The Bertz CT molecular complexity index is 249. The van der Waals surface area contributed by atoms with Crippen LogP contribution >= 0.6 is 0 Å². The molecule has 2 aliphatic heterocycles. The number of hydrogen-bond acceptors (Lipinski definition) is 1. The molecule has 0 bridgehead atoms. The lowest BCUT2D eigenvalue weighted by atomic mass is 9.84. The molecular formula is C12H20FN. The van der Waals surface area contributed by atoms with Gasteiger partial charge in [0.05, 0.1) is 0 Å². The fourth-order valence-corrected chi connectivity index (χ4v) is 3.29. The first kappa shape index (κ1) is 10.2. The molecule has 2 atom stereocenters. The van der Waals surface area contributed by atoms with E-state index in [-0.39, 0.29) is 5.54 Å². The predicted molar refractivity (Wildman–Crippen MR) is 57.0 cm³/mol. The smallest absolute Gasteiger partial charge is 0.115 e. The maximum Gasteiger partial charge on any atom is 0.115 e. The number of halogens is 1. The highest BCUT2D eigenvalue weighted by Gasteiger charge is 2.49. The van der Waals surface area contributed by atoms with Crippen molar-refractivity contribution in [2.45, 2.75) is 44.8 Å². The highest BCUT2D eigenvalue weighted by molar-refractivity contribution is 5.19. The van der Waals surface area contributed by atoms with Gasteiger partial charge >= 0.3 is 0 Å². The van der Waals surface area contributed by atoms with Crippen LogP contribution in [0.25, 0.3) is 0 Å². The van der Waals surface area contributed by atoms with Gasteiger partial charge in [0, 0.05) is 18.6 Å². The second-order valence-corrected chi connectivity index (χ2v) is 5.43. The predicted octanol–water partition coefficient (Wildman–Crippen LogP) is 2.78. The summed E-state index contributed by atoms with van der Waals surface area (Å²) in [4.78, 5) is 2.32. The van der Waals surface area contributed by atoms with Gasteiger partial charge in [-0.2, -0.15) is 0 Å². The van der Waals surface area contributed by atoms with E-state index in [0.717, 1.165) is 25.8 Å². The molecule has 0 aliphatic carbocycles. The van der Waals surface area contributed by atoms with Crippen molar-refractivity contribution in [1.29, 1.82) is 0 Å². The van der Waals surface area contributed by atoms with Gasteiger partial charge in [-0.1, -0.05) is 26.0 Å². The van der Waals surface area contributed by atoms with Gasteiger partial charge in [0.15, 0.2) is 0 Å². The van der Waals surface area contributed by atoms with Crippen molar-refractivity contribution in [3.8, 4) is 0 Å². The number of hydrogen-bond donors (Lipinski definition) is 0. The maximum absolute atomic E-state index is 13.4. The monoisotopic (exact) mass is 197 g/mol. The van der Waals surface area contributed by atoms with E-state index in [1.165, 1.54) is 5.57 Å². The van der Waals surface area contributed by atoms with Crippen molar-refractivity contribution < 1.29 is 4.39 Å². The van der Waals surface area contributed by atoms with Crippen LogP contribution in [0.1, 0.15) is 33.1 Å². The summed E-state index contributed by atoms with van der Waals surface area (Å²) in [6.07, 6.45) is 2.25. The van der Waals surface area contributed by atoms with Gasteiger partial charge in [0.1, 0.15) is 6.17 Å². The zero-order chi connectivity index (χ0) is 10.3. The number of nitrogens with zero attached hydrogens (tertiary/aromatic N) is 1. The van der Waals surface area contributed by atoms with E-state index in [4.69, 9.17) is 0 Å². The number of rotatable bonds is 2. The van der Waals surface area contributed by atoms with Crippen LogP contribution in [0.2, 0.25) is 0 Å². The summed E-state index contributed by atoms with van der Waals surface area (Å²) in [5.74, 6) is 0.647. The van der Waals surface area contributed by atoms with Gasteiger partial charge in [-0.05, 0) is 25.2 Å². The molecule has 0 radical (unpaired) electrons. The minimum atomic E-state index is -0.609. The van der Waals surface area contributed by atoms with Crippen LogP contribution in [-0.2, 0) is 0 Å². The zero-order valence-corrected chi connectivity index (χ0v) is 9.22. The molecule has 0 aromatic rings. The quantitative estimate of drug-likeness (QED) is 0.615. The lowest BCUT2D eigenvalue weighted by Gasteiger charge is -2.32. The molecule has 2 aliphatic rings.